The summed E-state index contributed by atoms with van der Waals surface area (Å²) in [6, 6.07) is 34.6. The van der Waals surface area contributed by atoms with E-state index in [9.17, 15) is 14.4 Å². The Morgan fingerprint density at radius 3 is 2.05 bits per heavy atom. The molecule has 5 aromatic rings. The Labute approximate surface area is 264 Å². The molecule has 0 aliphatic carbocycles. The molecular weight excluding hydrogens is 591 g/mol. The third-order valence-electron chi connectivity index (χ3n) is 6.45. The molecule has 44 heavy (non-hydrogen) atoms. The van der Waals surface area contributed by atoms with Gasteiger partial charge in [0.25, 0.3) is 11.8 Å². The first-order valence-electron chi connectivity index (χ1n) is 13.7. The van der Waals surface area contributed by atoms with E-state index in [0.717, 1.165) is 16.0 Å². The van der Waals surface area contributed by atoms with E-state index < -0.39 is 11.2 Å². The van der Waals surface area contributed by atoms with Crippen molar-refractivity contribution in [2.75, 3.05) is 17.7 Å². The second-order valence-electron chi connectivity index (χ2n) is 9.54. The molecule has 3 N–H and O–H groups in total. The van der Waals surface area contributed by atoms with Crippen LogP contribution in [-0.4, -0.2) is 24.8 Å². The first-order chi connectivity index (χ1) is 21.5. The van der Waals surface area contributed by atoms with E-state index in [1.54, 1.807) is 73.8 Å². The van der Waals surface area contributed by atoms with Crippen molar-refractivity contribution in [2.24, 2.45) is 0 Å². The Balaban J connectivity index is 1.29. The van der Waals surface area contributed by atoms with Crippen LogP contribution in [0.1, 0.15) is 26.7 Å². The van der Waals surface area contributed by atoms with Crippen LogP contribution in [-0.2, 0) is 9.59 Å². The Bertz CT molecular complexity index is 1720. The van der Waals surface area contributed by atoms with Gasteiger partial charge in [0.05, 0.1) is 7.11 Å². The lowest BCUT2D eigenvalue weighted by atomic mass is 10.1. The number of methoxy groups -OCH3 is 1. The number of thioether (sulfide) groups is 1. The lowest BCUT2D eigenvalue weighted by Gasteiger charge is -2.18. The summed E-state index contributed by atoms with van der Waals surface area (Å²) in [6.07, 6.45) is 1.64. The van der Waals surface area contributed by atoms with Crippen molar-refractivity contribution in [3.8, 4) is 5.75 Å². The minimum atomic E-state index is -0.521. The highest BCUT2D eigenvalue weighted by molar-refractivity contribution is 8.00. The van der Waals surface area contributed by atoms with Crippen LogP contribution in [0.25, 0.3) is 6.08 Å². The van der Waals surface area contributed by atoms with Gasteiger partial charge in [0.15, 0.2) is 0 Å². The molecule has 1 aromatic heterocycles. The molecule has 0 saturated carbocycles. The second-order valence-corrected chi connectivity index (χ2v) is 11.5. The molecule has 0 spiro atoms. The zero-order chi connectivity index (χ0) is 30.7. The summed E-state index contributed by atoms with van der Waals surface area (Å²) in [5.74, 6) is -0.298. The van der Waals surface area contributed by atoms with E-state index in [-0.39, 0.29) is 17.5 Å². The summed E-state index contributed by atoms with van der Waals surface area (Å²) in [5, 5.41) is 11.9. The lowest BCUT2D eigenvalue weighted by molar-refractivity contribution is -0.116. The topological polar surface area (TPSA) is 96.5 Å². The summed E-state index contributed by atoms with van der Waals surface area (Å²) in [5.41, 5.74) is 3.44. The molecule has 1 unspecified atom stereocenters. The molecular formula is C35H29N3O4S2. The number of carbonyl (C=O) groups is 3. The monoisotopic (exact) mass is 619 g/mol. The molecule has 9 heteroatoms. The summed E-state index contributed by atoms with van der Waals surface area (Å²) in [4.78, 5) is 40.4. The van der Waals surface area contributed by atoms with Crippen molar-refractivity contribution in [1.29, 1.82) is 0 Å². The highest BCUT2D eigenvalue weighted by atomic mass is 32.2. The average molecular weight is 620 g/mol. The molecule has 4 aromatic carbocycles. The molecule has 0 aliphatic heterocycles. The van der Waals surface area contributed by atoms with E-state index in [1.165, 1.54) is 23.1 Å². The fourth-order valence-electron chi connectivity index (χ4n) is 4.20. The Morgan fingerprint density at radius 2 is 1.41 bits per heavy atom. The average Bonchev–Trinajstić information content (AvgIpc) is 3.58. The van der Waals surface area contributed by atoms with Crippen LogP contribution in [0.2, 0.25) is 0 Å². The van der Waals surface area contributed by atoms with Crippen molar-refractivity contribution >= 4 is 58.3 Å². The fourth-order valence-corrected chi connectivity index (χ4v) is 5.84. The summed E-state index contributed by atoms with van der Waals surface area (Å²) < 4.78 is 5.21. The molecule has 0 aliphatic rings. The molecule has 0 bridgehead atoms. The SMILES string of the molecule is COc1ccc(NC(=O)C(Sc2ccc(NC(=O)/C(=C/c3ccsc3)NC(=O)c3ccccc3)cc2)c2ccccc2)cc1. The predicted octanol–water partition coefficient (Wildman–Crippen LogP) is 7.64. The lowest BCUT2D eigenvalue weighted by Crippen LogP contribution is -2.30. The van der Waals surface area contributed by atoms with Crippen LogP contribution in [0.4, 0.5) is 11.4 Å². The van der Waals surface area contributed by atoms with E-state index in [2.05, 4.69) is 16.0 Å². The van der Waals surface area contributed by atoms with Gasteiger partial charge in [0, 0.05) is 21.8 Å². The number of amides is 3. The summed E-state index contributed by atoms with van der Waals surface area (Å²) in [7, 11) is 1.59. The number of benzene rings is 4. The van der Waals surface area contributed by atoms with Gasteiger partial charge in [-0.05, 0) is 94.7 Å². The number of thiophene rings is 1. The first-order valence-corrected chi connectivity index (χ1v) is 15.5. The predicted molar refractivity (Wildman–Crippen MR) is 178 cm³/mol. The Hall–Kier alpha value is -5.12. The van der Waals surface area contributed by atoms with Crippen molar-refractivity contribution in [3.63, 3.8) is 0 Å². The maximum atomic E-state index is 13.4. The van der Waals surface area contributed by atoms with Crippen LogP contribution in [0.5, 0.6) is 5.75 Å². The van der Waals surface area contributed by atoms with Crippen LogP contribution in [0.15, 0.2) is 137 Å². The van der Waals surface area contributed by atoms with E-state index >= 15 is 0 Å². The normalized spacial score (nSPS) is 11.7. The van der Waals surface area contributed by atoms with Crippen LogP contribution in [0, 0.1) is 0 Å². The molecule has 1 heterocycles. The number of anilines is 2. The van der Waals surface area contributed by atoms with Gasteiger partial charge < -0.3 is 20.7 Å². The number of ether oxygens (including phenoxy) is 1. The highest BCUT2D eigenvalue weighted by Gasteiger charge is 2.22. The minimum Gasteiger partial charge on any atom is -0.497 e. The third kappa shape index (κ3) is 8.25. The third-order valence-corrected chi connectivity index (χ3v) is 8.41. The summed E-state index contributed by atoms with van der Waals surface area (Å²) in [6.45, 7) is 0. The molecule has 7 nitrogen and oxygen atoms in total. The quantitative estimate of drug-likeness (QED) is 0.104. The molecule has 0 radical (unpaired) electrons. The summed E-state index contributed by atoms with van der Waals surface area (Å²) >= 11 is 2.90. The van der Waals surface area contributed by atoms with Crippen molar-refractivity contribution < 1.29 is 19.1 Å². The fraction of sp³-hybridized carbons (Fsp3) is 0.0571. The number of rotatable bonds is 11. The maximum absolute atomic E-state index is 13.4. The van der Waals surface area contributed by atoms with Gasteiger partial charge in [-0.3, -0.25) is 14.4 Å². The Kier molecular flexibility index (Phi) is 10.2. The van der Waals surface area contributed by atoms with Gasteiger partial charge >= 0.3 is 0 Å². The number of hydrogen-bond acceptors (Lipinski definition) is 6. The van der Waals surface area contributed by atoms with Crippen molar-refractivity contribution in [1.82, 2.24) is 5.32 Å². The molecule has 3 amide bonds. The van der Waals surface area contributed by atoms with Crippen molar-refractivity contribution in [3.05, 3.63) is 148 Å². The standard InChI is InChI=1S/C35H29N3O4S2/c1-42-29-16-12-27(13-17-29)37-35(41)32(25-8-4-2-5-9-25)44-30-18-14-28(15-19-30)36-34(40)31(22-24-20-21-43-23-24)38-33(39)26-10-6-3-7-11-26/h2-23,32H,1H3,(H,36,40)(H,37,41)(H,38,39)/b31-22-. The minimum absolute atomic E-state index is 0.120. The molecule has 220 valence electrons. The zero-order valence-electron chi connectivity index (χ0n) is 23.7. The molecule has 1 atom stereocenters. The van der Waals surface area contributed by atoms with E-state index in [1.807, 2.05) is 65.4 Å². The molecule has 0 saturated heterocycles. The van der Waals surface area contributed by atoms with Crippen molar-refractivity contribution in [2.45, 2.75) is 10.1 Å². The number of nitrogens with one attached hydrogen (secondary N) is 3. The van der Waals surface area contributed by atoms with Gasteiger partial charge in [-0.15, -0.1) is 11.8 Å². The van der Waals surface area contributed by atoms with Gasteiger partial charge in [-0.1, -0.05) is 48.5 Å². The Morgan fingerprint density at radius 1 is 0.773 bits per heavy atom. The first kappa shape index (κ1) is 30.3. The van der Waals surface area contributed by atoms with Crippen LogP contribution in [0.3, 0.4) is 0 Å². The van der Waals surface area contributed by atoms with Gasteiger partial charge in [-0.2, -0.15) is 11.3 Å². The van der Waals surface area contributed by atoms with Gasteiger partial charge in [0.1, 0.15) is 16.7 Å². The van der Waals surface area contributed by atoms with Crippen LogP contribution < -0.4 is 20.7 Å². The maximum Gasteiger partial charge on any atom is 0.272 e. The largest absolute Gasteiger partial charge is 0.497 e. The molecule has 5 rings (SSSR count). The smallest absolute Gasteiger partial charge is 0.272 e. The number of hydrogen-bond donors (Lipinski definition) is 3. The van der Waals surface area contributed by atoms with E-state index in [0.29, 0.717) is 22.7 Å². The van der Waals surface area contributed by atoms with Gasteiger partial charge in [-0.25, -0.2) is 0 Å². The number of carbonyl (C=O) groups excluding carboxylic acids is 3. The molecule has 0 fully saturated rings. The zero-order valence-corrected chi connectivity index (χ0v) is 25.4. The van der Waals surface area contributed by atoms with Crippen LogP contribution >= 0.6 is 23.1 Å². The van der Waals surface area contributed by atoms with E-state index in [4.69, 9.17) is 4.74 Å². The highest BCUT2D eigenvalue weighted by Crippen LogP contribution is 2.37. The van der Waals surface area contributed by atoms with Gasteiger partial charge in [0.2, 0.25) is 5.91 Å². The second kappa shape index (κ2) is 14.9.